The van der Waals surface area contributed by atoms with E-state index in [9.17, 15) is 24.0 Å². The Labute approximate surface area is 276 Å². The van der Waals surface area contributed by atoms with Gasteiger partial charge in [-0.15, -0.1) is 0 Å². The smallest absolute Gasteiger partial charge is 0.325 e. The first-order valence-corrected chi connectivity index (χ1v) is 16.4. The number of hydrogen-bond donors (Lipinski definition) is 2. The summed E-state index contributed by atoms with van der Waals surface area (Å²) in [5.41, 5.74) is 3.36. The number of ketones is 1. The number of benzene rings is 1. The summed E-state index contributed by atoms with van der Waals surface area (Å²) in [5, 5.41) is 4.93. The molecule has 0 radical (unpaired) electrons. The van der Waals surface area contributed by atoms with Gasteiger partial charge in [-0.3, -0.25) is 29.0 Å². The maximum Gasteiger partial charge on any atom is 0.325 e. The Balaban J connectivity index is 1.73. The number of ether oxygens (including phenoxy) is 2. The molecular formula is C36H48N4O7. The number of carbonyl (C=O) groups excluding carboxylic acids is 5. The van der Waals surface area contributed by atoms with Crippen molar-refractivity contribution >= 4 is 46.5 Å². The molecule has 11 nitrogen and oxygen atoms in total. The number of aromatic nitrogens is 1. The fraction of sp³-hybridized carbons (Fsp3) is 0.556. The predicted octanol–water partition coefficient (Wildman–Crippen LogP) is 4.84. The summed E-state index contributed by atoms with van der Waals surface area (Å²) in [7, 11) is 0. The van der Waals surface area contributed by atoms with Gasteiger partial charge in [0.1, 0.15) is 29.6 Å². The molecule has 1 saturated heterocycles. The molecular weight excluding hydrogens is 600 g/mol. The standard InChI is InChI=1S/C36H48N4O7/c1-21(2)25-19-30(41)36(7,8)16-15-23-11-12-24-13-14-26(37-28(24)18-23)22(3)46-34(45)27-10-9-17-40(39-27)33(44)29(38-32(25)43)20-31(42)47-35(4,5)6/h11-16,18,21-22,25,27,29,39H,9-10,17,19-20H2,1-8H3,(H,38,43)/b16-15+/t22-,25+,27+,29+/m1/s1. The first-order valence-electron chi connectivity index (χ1n) is 16.4. The number of amides is 2. The monoisotopic (exact) mass is 648 g/mol. The molecule has 0 aliphatic carbocycles. The van der Waals surface area contributed by atoms with Crippen molar-refractivity contribution in [3.8, 4) is 0 Å². The highest BCUT2D eigenvalue weighted by molar-refractivity contribution is 5.95. The van der Waals surface area contributed by atoms with E-state index in [0.717, 1.165) is 10.9 Å². The lowest BCUT2D eigenvalue weighted by molar-refractivity contribution is -0.161. The average Bonchev–Trinajstić information content (AvgIpc) is 2.99. The first kappa shape index (κ1) is 35.7. The van der Waals surface area contributed by atoms with Crippen LogP contribution in [-0.4, -0.2) is 63.8 Å². The molecule has 2 aliphatic heterocycles. The number of nitrogens with one attached hydrogen (secondary N) is 2. The number of rotatable bonds is 3. The lowest BCUT2D eigenvalue weighted by atomic mass is 9.79. The molecule has 254 valence electrons. The van der Waals surface area contributed by atoms with Crippen LogP contribution in [0.4, 0.5) is 0 Å². The van der Waals surface area contributed by atoms with E-state index < -0.39 is 65.3 Å². The highest BCUT2D eigenvalue weighted by atomic mass is 16.6. The number of esters is 2. The Hall–Kier alpha value is -4.12. The van der Waals surface area contributed by atoms with Gasteiger partial charge in [-0.1, -0.05) is 44.2 Å². The van der Waals surface area contributed by atoms with Crippen LogP contribution in [0.15, 0.2) is 36.4 Å². The zero-order valence-electron chi connectivity index (χ0n) is 28.7. The molecule has 4 rings (SSSR count). The molecule has 1 aromatic carbocycles. The highest BCUT2D eigenvalue weighted by Crippen LogP contribution is 2.29. The van der Waals surface area contributed by atoms with E-state index >= 15 is 0 Å². The van der Waals surface area contributed by atoms with Crippen molar-refractivity contribution < 1.29 is 33.4 Å². The van der Waals surface area contributed by atoms with Crippen LogP contribution in [0.5, 0.6) is 0 Å². The van der Waals surface area contributed by atoms with Gasteiger partial charge in [0.2, 0.25) is 5.91 Å². The highest BCUT2D eigenvalue weighted by Gasteiger charge is 2.38. The molecule has 4 atom stereocenters. The fourth-order valence-corrected chi connectivity index (χ4v) is 5.62. The van der Waals surface area contributed by atoms with Gasteiger partial charge in [0.25, 0.3) is 5.91 Å². The van der Waals surface area contributed by atoms with Crippen LogP contribution in [0.3, 0.4) is 0 Å². The molecule has 0 spiro atoms. The summed E-state index contributed by atoms with van der Waals surface area (Å²) in [6, 6.07) is 7.39. The molecule has 2 aromatic rings. The van der Waals surface area contributed by atoms with Crippen molar-refractivity contribution in [2.75, 3.05) is 6.54 Å². The summed E-state index contributed by atoms with van der Waals surface area (Å²) in [6.07, 6.45) is 3.43. The number of hydrogen-bond acceptors (Lipinski definition) is 9. The first-order chi connectivity index (χ1) is 21.9. The Morgan fingerprint density at radius 2 is 1.83 bits per heavy atom. The number of fused-ring (bicyclic) bond motifs is 4. The van der Waals surface area contributed by atoms with Gasteiger partial charge < -0.3 is 14.8 Å². The van der Waals surface area contributed by atoms with Gasteiger partial charge in [0, 0.05) is 29.7 Å². The van der Waals surface area contributed by atoms with E-state index in [0.29, 0.717) is 24.1 Å². The van der Waals surface area contributed by atoms with Gasteiger partial charge in [0.15, 0.2) is 0 Å². The molecule has 1 aromatic heterocycles. The molecule has 3 heterocycles. The van der Waals surface area contributed by atoms with E-state index in [-0.39, 0.29) is 24.7 Å². The lowest BCUT2D eigenvalue weighted by Gasteiger charge is -2.35. The molecule has 2 aliphatic rings. The average molecular weight is 649 g/mol. The van der Waals surface area contributed by atoms with E-state index in [2.05, 4.69) is 10.7 Å². The number of cyclic esters (lactones) is 1. The van der Waals surface area contributed by atoms with Gasteiger partial charge in [-0.05, 0) is 78.0 Å². The maximum absolute atomic E-state index is 13.9. The molecule has 11 heteroatoms. The van der Waals surface area contributed by atoms with Crippen LogP contribution in [0.25, 0.3) is 17.0 Å². The Morgan fingerprint density at radius 3 is 2.51 bits per heavy atom. The topological polar surface area (TPSA) is 144 Å². The zero-order valence-corrected chi connectivity index (χ0v) is 28.7. The minimum Gasteiger partial charge on any atom is -0.460 e. The van der Waals surface area contributed by atoms with E-state index in [1.807, 2.05) is 56.3 Å². The molecule has 1 fully saturated rings. The van der Waals surface area contributed by atoms with Crippen molar-refractivity contribution in [1.82, 2.24) is 20.7 Å². The van der Waals surface area contributed by atoms with Crippen LogP contribution in [-0.2, 0) is 33.4 Å². The second-order valence-corrected chi connectivity index (χ2v) is 14.5. The van der Waals surface area contributed by atoms with Gasteiger partial charge >= 0.3 is 11.9 Å². The molecule has 2 N–H and O–H groups in total. The van der Waals surface area contributed by atoms with Crippen LogP contribution in [0, 0.1) is 17.3 Å². The summed E-state index contributed by atoms with van der Waals surface area (Å²) >= 11 is 0. The second-order valence-electron chi connectivity index (χ2n) is 14.5. The lowest BCUT2D eigenvalue weighted by Crippen LogP contribution is -2.60. The molecule has 0 unspecified atom stereocenters. The number of carbonyl (C=O) groups is 5. The minimum atomic E-state index is -1.29. The molecule has 2 amide bonds. The van der Waals surface area contributed by atoms with Crippen molar-refractivity contribution in [2.45, 2.75) is 105 Å². The normalized spacial score (nSPS) is 25.3. The van der Waals surface area contributed by atoms with Crippen LogP contribution in [0.1, 0.15) is 98.4 Å². The number of pyridine rings is 1. The molecule has 5 bridgehead atoms. The SMILES string of the molecule is CC(C)[C@@H]1CC(=O)C(C)(C)/C=C/c2ccc3ccc(nc3c2)[C@@H](C)OC(=O)[C@@H]2CCCN(N2)C(=O)[C@H](CC(=O)OC(C)(C)C)NC1=O. The van der Waals surface area contributed by atoms with Crippen LogP contribution >= 0.6 is 0 Å². The Morgan fingerprint density at radius 1 is 1.13 bits per heavy atom. The van der Waals surface area contributed by atoms with E-state index in [4.69, 9.17) is 14.5 Å². The predicted molar refractivity (Wildman–Crippen MR) is 177 cm³/mol. The largest absolute Gasteiger partial charge is 0.460 e. The third-order valence-corrected chi connectivity index (χ3v) is 8.55. The number of Topliss-reactive ketones (excluding diaryl/α,β-unsaturated/α-hetero) is 1. The third kappa shape index (κ3) is 9.24. The van der Waals surface area contributed by atoms with Crippen LogP contribution < -0.4 is 10.7 Å². The Bertz CT molecular complexity index is 1560. The molecule has 0 saturated carbocycles. The van der Waals surface area contributed by atoms with Crippen molar-refractivity contribution in [1.29, 1.82) is 0 Å². The summed E-state index contributed by atoms with van der Waals surface area (Å²) in [4.78, 5) is 72.3. The van der Waals surface area contributed by atoms with Crippen molar-refractivity contribution in [3.05, 3.63) is 47.7 Å². The fourth-order valence-electron chi connectivity index (χ4n) is 5.62. The zero-order chi connectivity index (χ0) is 34.7. The van der Waals surface area contributed by atoms with Crippen molar-refractivity contribution in [2.24, 2.45) is 17.3 Å². The summed E-state index contributed by atoms with van der Waals surface area (Å²) in [6.45, 7) is 14.4. The van der Waals surface area contributed by atoms with E-state index in [1.54, 1.807) is 41.5 Å². The number of hydrazine groups is 1. The van der Waals surface area contributed by atoms with E-state index in [1.165, 1.54) is 5.01 Å². The van der Waals surface area contributed by atoms with Crippen LogP contribution in [0.2, 0.25) is 0 Å². The van der Waals surface area contributed by atoms with Gasteiger partial charge in [-0.2, -0.15) is 0 Å². The van der Waals surface area contributed by atoms with Gasteiger partial charge in [0.05, 0.1) is 17.6 Å². The number of allylic oxidation sites excluding steroid dienone is 1. The minimum absolute atomic E-state index is 0.0649. The summed E-state index contributed by atoms with van der Waals surface area (Å²) in [5.74, 6) is -3.47. The summed E-state index contributed by atoms with van der Waals surface area (Å²) < 4.78 is 11.3. The maximum atomic E-state index is 13.9. The third-order valence-electron chi connectivity index (χ3n) is 8.55. The quantitative estimate of drug-likeness (QED) is 0.447. The molecule has 47 heavy (non-hydrogen) atoms. The Kier molecular flexibility index (Phi) is 10.9. The number of nitrogens with zero attached hydrogens (tertiary/aromatic N) is 2. The van der Waals surface area contributed by atoms with Crippen molar-refractivity contribution in [3.63, 3.8) is 0 Å². The second kappa shape index (κ2) is 14.3. The van der Waals surface area contributed by atoms with Gasteiger partial charge in [-0.25, -0.2) is 10.4 Å².